The molecule has 0 bridgehead atoms. The van der Waals surface area contributed by atoms with Crippen molar-refractivity contribution < 1.29 is 4.74 Å². The molecule has 4 nitrogen and oxygen atoms in total. The molecule has 0 saturated heterocycles. The topological polar surface area (TPSA) is 47.0 Å². The van der Waals surface area contributed by atoms with Crippen molar-refractivity contribution in [1.82, 2.24) is 15.3 Å². The SMILES string of the molecule is COC(C)(C)c1nccc(CNC(C)(C)C)n1. The minimum atomic E-state index is -0.447. The van der Waals surface area contributed by atoms with E-state index < -0.39 is 5.60 Å². The molecule has 1 rings (SSSR count). The van der Waals surface area contributed by atoms with Crippen LogP contribution in [0.25, 0.3) is 0 Å². The first kappa shape index (κ1) is 14.1. The molecule has 1 heterocycles. The summed E-state index contributed by atoms with van der Waals surface area (Å²) in [5, 5.41) is 3.40. The fourth-order valence-corrected chi connectivity index (χ4v) is 1.23. The van der Waals surface area contributed by atoms with Crippen molar-refractivity contribution in [3.8, 4) is 0 Å². The standard InChI is InChI=1S/C13H23N3O/c1-12(2,3)15-9-10-7-8-14-11(16-10)13(4,5)17-6/h7-8,15H,9H2,1-6H3. The minimum Gasteiger partial charge on any atom is -0.371 e. The maximum Gasteiger partial charge on any atom is 0.159 e. The fourth-order valence-electron chi connectivity index (χ4n) is 1.23. The maximum atomic E-state index is 5.38. The van der Waals surface area contributed by atoms with E-state index in [0.717, 1.165) is 12.2 Å². The van der Waals surface area contributed by atoms with Crippen LogP contribution in [0.2, 0.25) is 0 Å². The third-order valence-corrected chi connectivity index (χ3v) is 2.56. The molecule has 4 heteroatoms. The van der Waals surface area contributed by atoms with Gasteiger partial charge < -0.3 is 10.1 Å². The molecule has 1 aromatic rings. The molecule has 1 N–H and O–H groups in total. The lowest BCUT2D eigenvalue weighted by molar-refractivity contribution is 0.0112. The lowest BCUT2D eigenvalue weighted by atomic mass is 10.1. The van der Waals surface area contributed by atoms with Crippen molar-refractivity contribution in [2.24, 2.45) is 0 Å². The van der Waals surface area contributed by atoms with Gasteiger partial charge in [-0.25, -0.2) is 9.97 Å². The van der Waals surface area contributed by atoms with Crippen molar-refractivity contribution in [3.05, 3.63) is 23.8 Å². The predicted octanol–water partition coefficient (Wildman–Crippen LogP) is 2.25. The van der Waals surface area contributed by atoms with E-state index in [2.05, 4.69) is 36.1 Å². The van der Waals surface area contributed by atoms with Gasteiger partial charge in [-0.2, -0.15) is 0 Å². The average Bonchev–Trinajstić information content (AvgIpc) is 2.26. The molecule has 17 heavy (non-hydrogen) atoms. The molecule has 1 aromatic heterocycles. The molecule has 0 atom stereocenters. The van der Waals surface area contributed by atoms with Gasteiger partial charge in [0.1, 0.15) is 5.60 Å². The van der Waals surface area contributed by atoms with Gasteiger partial charge in [0.15, 0.2) is 5.82 Å². The van der Waals surface area contributed by atoms with Crippen molar-refractivity contribution in [1.29, 1.82) is 0 Å². The van der Waals surface area contributed by atoms with E-state index in [0.29, 0.717) is 5.82 Å². The van der Waals surface area contributed by atoms with E-state index in [-0.39, 0.29) is 5.54 Å². The summed E-state index contributed by atoms with van der Waals surface area (Å²) in [6, 6.07) is 1.92. The summed E-state index contributed by atoms with van der Waals surface area (Å²) in [6.07, 6.45) is 1.78. The van der Waals surface area contributed by atoms with E-state index in [1.807, 2.05) is 19.9 Å². The summed E-state index contributed by atoms with van der Waals surface area (Å²) in [7, 11) is 1.67. The van der Waals surface area contributed by atoms with Crippen LogP contribution in [-0.4, -0.2) is 22.6 Å². The molecule has 0 aliphatic carbocycles. The van der Waals surface area contributed by atoms with Crippen molar-refractivity contribution >= 4 is 0 Å². The summed E-state index contributed by atoms with van der Waals surface area (Å²) < 4.78 is 5.38. The van der Waals surface area contributed by atoms with E-state index in [4.69, 9.17) is 4.74 Å². The van der Waals surface area contributed by atoms with Gasteiger partial charge in [0, 0.05) is 25.4 Å². The zero-order valence-corrected chi connectivity index (χ0v) is 11.7. The molecular weight excluding hydrogens is 214 g/mol. The molecule has 0 fully saturated rings. The number of nitrogens with one attached hydrogen (secondary N) is 1. The number of hydrogen-bond acceptors (Lipinski definition) is 4. The van der Waals surface area contributed by atoms with Gasteiger partial charge in [0.05, 0.1) is 5.69 Å². The zero-order chi connectivity index (χ0) is 13.1. The first-order valence-corrected chi connectivity index (χ1v) is 5.87. The molecule has 0 aromatic carbocycles. The summed E-state index contributed by atoms with van der Waals surface area (Å²) in [6.45, 7) is 11.1. The Morgan fingerprint density at radius 1 is 1.24 bits per heavy atom. The predicted molar refractivity (Wildman–Crippen MR) is 68.7 cm³/mol. The lowest BCUT2D eigenvalue weighted by Crippen LogP contribution is -2.35. The molecule has 0 unspecified atom stereocenters. The number of hydrogen-bond donors (Lipinski definition) is 1. The average molecular weight is 237 g/mol. The van der Waals surface area contributed by atoms with Crippen molar-refractivity contribution in [2.45, 2.75) is 52.3 Å². The van der Waals surface area contributed by atoms with Gasteiger partial charge in [-0.3, -0.25) is 0 Å². The number of rotatable bonds is 4. The number of methoxy groups -OCH3 is 1. The zero-order valence-electron chi connectivity index (χ0n) is 11.7. The van der Waals surface area contributed by atoms with Crippen LogP contribution in [0.15, 0.2) is 12.3 Å². The van der Waals surface area contributed by atoms with Crippen LogP contribution >= 0.6 is 0 Å². The number of aromatic nitrogens is 2. The Morgan fingerprint density at radius 2 is 1.88 bits per heavy atom. The highest BCUT2D eigenvalue weighted by atomic mass is 16.5. The van der Waals surface area contributed by atoms with E-state index >= 15 is 0 Å². The summed E-state index contributed by atoms with van der Waals surface area (Å²) >= 11 is 0. The van der Waals surface area contributed by atoms with Crippen LogP contribution in [-0.2, 0) is 16.9 Å². The van der Waals surface area contributed by atoms with Crippen molar-refractivity contribution in [2.75, 3.05) is 7.11 Å². The third-order valence-electron chi connectivity index (χ3n) is 2.56. The van der Waals surface area contributed by atoms with Crippen LogP contribution < -0.4 is 5.32 Å². The van der Waals surface area contributed by atoms with Crippen LogP contribution in [0.1, 0.15) is 46.1 Å². The molecule has 0 radical (unpaired) electrons. The van der Waals surface area contributed by atoms with E-state index in [1.54, 1.807) is 13.3 Å². The highest BCUT2D eigenvalue weighted by Gasteiger charge is 2.23. The van der Waals surface area contributed by atoms with Gasteiger partial charge in [-0.05, 0) is 40.7 Å². The van der Waals surface area contributed by atoms with Crippen LogP contribution in [0.3, 0.4) is 0 Å². The Labute approximate surface area is 104 Å². The van der Waals surface area contributed by atoms with Crippen LogP contribution in [0.5, 0.6) is 0 Å². The van der Waals surface area contributed by atoms with Gasteiger partial charge >= 0.3 is 0 Å². The Kier molecular flexibility index (Phi) is 4.22. The lowest BCUT2D eigenvalue weighted by Gasteiger charge is -2.23. The number of ether oxygens (including phenoxy) is 1. The molecule has 0 aliphatic rings. The Balaban J connectivity index is 2.80. The normalized spacial score (nSPS) is 12.8. The van der Waals surface area contributed by atoms with Gasteiger partial charge in [-0.1, -0.05) is 0 Å². The molecule has 0 aliphatic heterocycles. The van der Waals surface area contributed by atoms with Crippen LogP contribution in [0, 0.1) is 0 Å². The Hall–Kier alpha value is -1.00. The minimum absolute atomic E-state index is 0.0852. The van der Waals surface area contributed by atoms with E-state index in [9.17, 15) is 0 Å². The molecule has 0 spiro atoms. The molecular formula is C13H23N3O. The van der Waals surface area contributed by atoms with Gasteiger partial charge in [-0.15, -0.1) is 0 Å². The number of nitrogens with zero attached hydrogens (tertiary/aromatic N) is 2. The van der Waals surface area contributed by atoms with Gasteiger partial charge in [0.25, 0.3) is 0 Å². The Morgan fingerprint density at radius 3 is 2.41 bits per heavy atom. The second kappa shape index (κ2) is 5.10. The van der Waals surface area contributed by atoms with Crippen LogP contribution in [0.4, 0.5) is 0 Å². The highest BCUT2D eigenvalue weighted by Crippen LogP contribution is 2.19. The molecule has 0 amide bonds. The second-order valence-electron chi connectivity index (χ2n) is 5.69. The third kappa shape index (κ3) is 4.40. The Bertz CT molecular complexity index is 369. The van der Waals surface area contributed by atoms with Gasteiger partial charge in [0.2, 0.25) is 0 Å². The first-order chi connectivity index (χ1) is 7.74. The van der Waals surface area contributed by atoms with Crippen molar-refractivity contribution in [3.63, 3.8) is 0 Å². The van der Waals surface area contributed by atoms with E-state index in [1.165, 1.54) is 0 Å². The monoisotopic (exact) mass is 237 g/mol. The highest BCUT2D eigenvalue weighted by molar-refractivity contribution is 5.07. The molecule has 0 saturated carbocycles. The fraction of sp³-hybridized carbons (Fsp3) is 0.692. The quantitative estimate of drug-likeness (QED) is 0.872. The summed E-state index contributed by atoms with van der Waals surface area (Å²) in [5.74, 6) is 0.716. The maximum absolute atomic E-state index is 5.38. The molecule has 96 valence electrons. The summed E-state index contributed by atoms with van der Waals surface area (Å²) in [4.78, 5) is 8.78. The smallest absolute Gasteiger partial charge is 0.159 e. The largest absolute Gasteiger partial charge is 0.371 e. The first-order valence-electron chi connectivity index (χ1n) is 5.87. The summed E-state index contributed by atoms with van der Waals surface area (Å²) in [5.41, 5.74) is 0.620. The second-order valence-corrected chi connectivity index (χ2v) is 5.69.